The normalized spacial score (nSPS) is 17.8. The number of pyridine rings is 2. The first kappa shape index (κ1) is 90.4. The van der Waals surface area contributed by atoms with Gasteiger partial charge in [0, 0.05) is 45.8 Å². The number of oxime groups is 2. The number of carbonyl (C=O) groups excluding carboxylic acids is 8. The predicted molar refractivity (Wildman–Crippen MR) is 403 cm³/mol. The summed E-state index contributed by atoms with van der Waals surface area (Å²) in [5.41, 5.74) is 3.08. The van der Waals surface area contributed by atoms with Gasteiger partial charge in [-0.2, -0.15) is 40.1 Å². The second kappa shape index (κ2) is 35.9. The summed E-state index contributed by atoms with van der Waals surface area (Å²) in [6.07, 6.45) is -7.17. The summed E-state index contributed by atoms with van der Waals surface area (Å²) in [5.74, 6) is -9.45. The molecule has 0 spiro atoms. The van der Waals surface area contributed by atoms with E-state index in [0.29, 0.717) is 45.4 Å². The fourth-order valence-electron chi connectivity index (χ4n) is 11.5. The molecule has 4 aliphatic rings. The van der Waals surface area contributed by atoms with Crippen LogP contribution in [0.1, 0.15) is 126 Å². The van der Waals surface area contributed by atoms with Crippen LogP contribution in [0.25, 0.3) is 21.8 Å². The van der Waals surface area contributed by atoms with Crippen molar-refractivity contribution in [2.24, 2.45) is 34.0 Å². The Labute approximate surface area is 665 Å². The molecule has 6 aromatic rings. The number of carboxylic acids is 2. The van der Waals surface area contributed by atoms with E-state index in [-0.39, 0.29) is 34.2 Å². The Bertz CT molecular complexity index is 4980. The van der Waals surface area contributed by atoms with E-state index in [1.54, 1.807) is 77.9 Å². The summed E-state index contributed by atoms with van der Waals surface area (Å²) in [7, 11) is -10.0. The van der Waals surface area contributed by atoms with Gasteiger partial charge in [-0.25, -0.2) is 24.4 Å². The fourth-order valence-corrected chi connectivity index (χ4v) is 13.6. The number of esters is 1. The van der Waals surface area contributed by atoms with Crippen LogP contribution in [0.2, 0.25) is 12.6 Å². The van der Waals surface area contributed by atoms with Crippen molar-refractivity contribution in [3.8, 4) is 11.5 Å². The number of halogens is 3. The maximum absolute atomic E-state index is 14.0. The number of ketones is 2. The highest BCUT2D eigenvalue weighted by atomic mass is 32.3. The number of hydrogen-bond donors (Lipinski definition) is 6. The third-order valence-corrected chi connectivity index (χ3v) is 19.4. The first-order valence-corrected chi connectivity index (χ1v) is 39.6. The second-order valence-electron chi connectivity index (χ2n) is 30.8. The van der Waals surface area contributed by atoms with Crippen molar-refractivity contribution in [1.82, 2.24) is 35.4 Å². The number of nitrogens with one attached hydrogen (secondary N) is 2. The maximum Gasteiger partial charge on any atom is 0.430 e. The van der Waals surface area contributed by atoms with Crippen molar-refractivity contribution in [3.63, 3.8) is 0 Å². The lowest BCUT2D eigenvalue weighted by molar-refractivity contribution is -0.344. The number of carboxylic acid groups (broad SMARTS) is 2. The molecule has 0 aliphatic carbocycles. The number of benzene rings is 2. The van der Waals surface area contributed by atoms with Crippen molar-refractivity contribution in [3.05, 3.63) is 94.2 Å². The molecule has 7 N–H and O–H groups in total. The minimum atomic E-state index is -5.19. The Morgan fingerprint density at radius 1 is 0.652 bits per heavy atom. The summed E-state index contributed by atoms with van der Waals surface area (Å²) in [5, 5.41) is 37.4. The van der Waals surface area contributed by atoms with E-state index >= 15 is 0 Å². The largest absolute Gasteiger partial charge is 0.542 e. The molecule has 4 aromatic heterocycles. The van der Waals surface area contributed by atoms with Gasteiger partial charge >= 0.3 is 45.0 Å². The monoisotopic (exact) mass is 1690 g/mol. The van der Waals surface area contributed by atoms with Crippen LogP contribution in [0.3, 0.4) is 0 Å². The van der Waals surface area contributed by atoms with Crippen LogP contribution in [0.5, 0.6) is 11.5 Å². The molecule has 115 heavy (non-hydrogen) atoms. The summed E-state index contributed by atoms with van der Waals surface area (Å²) in [6, 6.07) is 18.0. The molecular weight excluding hydrogens is 1610 g/mol. The zero-order valence-electron chi connectivity index (χ0n) is 64.2. The first-order chi connectivity index (χ1) is 53.1. The predicted octanol–water partition coefficient (Wildman–Crippen LogP) is 7.18. The van der Waals surface area contributed by atoms with Gasteiger partial charge in [0.1, 0.15) is 58.9 Å². The van der Waals surface area contributed by atoms with Crippen molar-refractivity contribution >= 4 is 147 Å². The van der Waals surface area contributed by atoms with Crippen molar-refractivity contribution in [1.29, 1.82) is 0 Å². The molecular formula is C70H84BF3N11O26S4-. The third-order valence-electron chi connectivity index (χ3n) is 17.3. The molecule has 624 valence electrons. The number of ether oxygens (including phenoxy) is 5. The fraction of sp³-hybridized carbons (Fsp3) is 0.500. The molecule has 3 amide bonds. The number of anilines is 2. The molecule has 4 fully saturated rings. The van der Waals surface area contributed by atoms with Crippen LogP contribution in [-0.2, 0) is 99.7 Å². The number of fused-ring (bicyclic) bond motifs is 2. The number of nitrogens with zero attached hydrogens (tertiary/aromatic N) is 8. The number of aromatic nitrogens is 4. The number of hydroxylamine groups is 4. The lowest BCUT2D eigenvalue weighted by Crippen LogP contribution is -2.68. The average Bonchev–Trinajstić information content (AvgIpc) is 0.952. The number of hydrogen-bond acceptors (Lipinski definition) is 33. The molecule has 2 unspecified atom stereocenters. The molecule has 8 heterocycles. The highest BCUT2D eigenvalue weighted by Gasteiger charge is 2.59. The Balaban J connectivity index is 0.000000277. The Hall–Kier alpha value is -10.2. The van der Waals surface area contributed by atoms with Gasteiger partial charge < -0.3 is 59.4 Å². The topological polar surface area (TPSA) is 522 Å². The quantitative estimate of drug-likeness (QED) is 0.00494. The smallest absolute Gasteiger partial charge is 0.430 e. The lowest BCUT2D eigenvalue weighted by atomic mass is 9.31. The van der Waals surface area contributed by atoms with Gasteiger partial charge in [0.25, 0.3) is 36.6 Å². The lowest BCUT2D eigenvalue weighted by Gasteiger charge is -2.50. The van der Waals surface area contributed by atoms with E-state index in [2.05, 4.69) is 44.5 Å². The standard InChI is InChI=1S/C41H54BN5O14S2.C27H30N6O10S2.C2HF3O2/c1-38(2,3)57-34(50)31(21-56-26-14-15-28-24(17-26)12-13-25(43-28)16-23-19-42(20-23)35(51)58-39(4,5)6)60-46-32(29-22-62-36(44-29)45-37(52)59-40(7,8)9)30(48)18-27-33(49)47(41(27,10)11)61-63(53,54)55;1-27(2)18(24(35)33(27)43-45(38,39)40)9-21(34)23(20-13-44-26(28)31-20)32-42-22(25(36)37)12-41-17-5-6-19-15(8-17)3-4-16(30-19)7-14-10-29-11-14;3-2(4,5)1(6)7/h12-15,17,22-23,27,31H,16,18-21H2,1-11H3,(H,44,45,52)(H,53,54,55);3-6,8,13-14,18,22,29H,7,9-12H2,1-2H3,(H2,28,31)(H,36,37)(H,38,39,40);(H,6,7)/p-1/b46-32-;32-23-;/t27?,31-;18?,22-;/m00./s1. The number of β-lactam (4-membered cyclic amide) rings is 2. The maximum atomic E-state index is 14.0. The number of alkyl halides is 3. The van der Waals surface area contributed by atoms with Crippen LogP contribution in [0.15, 0.2) is 81.7 Å². The van der Waals surface area contributed by atoms with E-state index in [4.69, 9.17) is 63.1 Å². The van der Waals surface area contributed by atoms with E-state index in [9.17, 15) is 73.5 Å². The number of carbonyl (C=O) groups is 9. The SMILES string of the molecule is CC(C)(C)OC(=O)Nc1nc(/C(=N/O[C@@H](COc2ccc3nc(CC4CB(C(=O)OC(C)(C)C)C4)ccc3c2)C(=O)OC(C)(C)C)C(=O)CC2C(=O)N(OS(=O)(=O)O)C2(C)C)cs1.CC1(C)C(CC(=O)/C(=N\O[C@@H](COc2ccc3nc(CC4CNC4)ccc3c2)C(=O)O)c2csc(N)n2)C(=O)N1OS(=O)(=O)O.O=C([O-])C(F)(F)F. The summed E-state index contributed by atoms with van der Waals surface area (Å²) in [4.78, 5) is 141. The molecule has 4 atom stereocenters. The van der Waals surface area contributed by atoms with E-state index in [1.165, 1.54) is 38.5 Å². The highest BCUT2D eigenvalue weighted by Crippen LogP contribution is 2.43. The van der Waals surface area contributed by atoms with Crippen LogP contribution >= 0.6 is 22.7 Å². The molecule has 4 saturated heterocycles. The summed E-state index contributed by atoms with van der Waals surface area (Å²) in [6.45, 7) is 22.2. The molecule has 45 heteroatoms. The van der Waals surface area contributed by atoms with Gasteiger partial charge in [-0.3, -0.25) is 48.4 Å². The zero-order chi connectivity index (χ0) is 85.5. The number of nitrogens with two attached hydrogens (primary N) is 1. The number of Topliss-reactive ketones (excluding diaryl/α,β-unsaturated/α-hetero) is 2. The Morgan fingerprint density at radius 2 is 1.09 bits per heavy atom. The van der Waals surface area contributed by atoms with Gasteiger partial charge in [-0.05, 0) is 176 Å². The molecule has 2 aromatic carbocycles. The molecule has 4 aliphatic heterocycles. The Morgan fingerprint density at radius 3 is 1.49 bits per heavy atom. The van der Waals surface area contributed by atoms with E-state index < -0.39 is 164 Å². The summed E-state index contributed by atoms with van der Waals surface area (Å²) < 4.78 is 131. The molecule has 10 rings (SSSR count). The number of nitrogen functional groups attached to an aromatic ring is 1. The minimum Gasteiger partial charge on any atom is -0.542 e. The average molecular weight is 1690 g/mol. The van der Waals surface area contributed by atoms with E-state index in [0.717, 1.165) is 82.5 Å². The second-order valence-corrected chi connectivity index (χ2v) is 34.6. The number of amides is 3. The van der Waals surface area contributed by atoms with Crippen molar-refractivity contribution in [2.45, 2.75) is 175 Å². The van der Waals surface area contributed by atoms with Crippen LogP contribution in [0, 0.1) is 23.7 Å². The van der Waals surface area contributed by atoms with Crippen LogP contribution in [-0.4, -0.2) is 205 Å². The summed E-state index contributed by atoms with van der Waals surface area (Å²) >= 11 is 1.91. The van der Waals surface area contributed by atoms with E-state index in [1.807, 2.05) is 45.0 Å². The van der Waals surface area contributed by atoms with Gasteiger partial charge in [0.05, 0.1) is 33.9 Å². The third kappa shape index (κ3) is 25.7. The van der Waals surface area contributed by atoms with Gasteiger partial charge in [0.2, 0.25) is 0 Å². The van der Waals surface area contributed by atoms with Crippen LogP contribution in [0.4, 0.5) is 33.0 Å². The van der Waals surface area contributed by atoms with Crippen LogP contribution < -0.4 is 30.9 Å². The van der Waals surface area contributed by atoms with Crippen molar-refractivity contribution in [2.75, 3.05) is 37.4 Å². The molecule has 0 bridgehead atoms. The Kier molecular flexibility index (Phi) is 28.2. The number of aliphatic carboxylic acids is 2. The number of rotatable bonds is 30. The number of thiazole rings is 2. The zero-order valence-corrected chi connectivity index (χ0v) is 67.5. The molecule has 37 nitrogen and oxygen atoms in total. The highest BCUT2D eigenvalue weighted by molar-refractivity contribution is 7.81. The first-order valence-electron chi connectivity index (χ1n) is 35.1. The van der Waals surface area contributed by atoms with Gasteiger partial charge in [-0.15, -0.1) is 31.2 Å². The molecule has 0 saturated carbocycles. The minimum absolute atomic E-state index is 0.0156. The van der Waals surface area contributed by atoms with Gasteiger partial charge in [0.15, 0.2) is 33.3 Å². The molecule has 0 radical (unpaired) electrons. The van der Waals surface area contributed by atoms with Gasteiger partial charge in [-0.1, -0.05) is 35.1 Å². The van der Waals surface area contributed by atoms with Crippen molar-refractivity contribution < 1.29 is 134 Å².